The number of para-hydroxylation sites is 12. The monoisotopic (exact) mass is 1050 g/mol. The van der Waals surface area contributed by atoms with Crippen molar-refractivity contribution in [3.05, 3.63) is 364 Å². The smallest absolute Gasteiger partial charge is 0.148 e. The summed E-state index contributed by atoms with van der Waals surface area (Å²) in [4.78, 5) is 25.4. The minimum absolute atomic E-state index is 0.559. The molecule has 0 spiro atoms. The summed E-state index contributed by atoms with van der Waals surface area (Å²) in [5.74, 6) is 0. The van der Waals surface area contributed by atoms with Crippen molar-refractivity contribution in [1.82, 2.24) is 13.4 Å². The summed E-state index contributed by atoms with van der Waals surface area (Å²) >= 11 is 0. The lowest BCUT2D eigenvalue weighted by atomic mass is 10.1. The van der Waals surface area contributed by atoms with Crippen LogP contribution in [0.15, 0.2) is 364 Å². The van der Waals surface area contributed by atoms with Gasteiger partial charge in [0.25, 0.3) is 0 Å². The van der Waals surface area contributed by atoms with Gasteiger partial charge in [-0.1, -0.05) is 218 Å². The molecule has 0 heterocycles. The molecule has 12 aromatic carbocycles. The van der Waals surface area contributed by atoms with Gasteiger partial charge in [-0.05, 0) is 0 Å². The van der Waals surface area contributed by atoms with Crippen molar-refractivity contribution in [2.45, 2.75) is 0 Å². The summed E-state index contributed by atoms with van der Waals surface area (Å²) in [6.07, 6.45) is 0. The first kappa shape index (κ1) is 54.6. The molecule has 0 amide bonds. The predicted octanol–water partition coefficient (Wildman–Crippen LogP) is 18.3. The van der Waals surface area contributed by atoms with Gasteiger partial charge in [0, 0.05) is 146 Å². The molecule has 0 aromatic heterocycles. The molecule has 6 nitrogen and oxygen atoms in total. The van der Waals surface area contributed by atoms with Crippen molar-refractivity contribution in [1.29, 1.82) is 0 Å². The Balaban J connectivity index is 0.000000139. The number of nitrogens with zero attached hydrogens (tertiary/aromatic N) is 3. The molecule has 0 saturated carbocycles. The molecule has 0 N–H and O–H groups in total. The van der Waals surface area contributed by atoms with Gasteiger partial charge in [0.05, 0.1) is 0 Å². The fourth-order valence-corrected chi connectivity index (χ4v) is 10.5. The first-order valence-electron chi connectivity index (χ1n) is 26.2. The molecule has 0 aliphatic rings. The van der Waals surface area contributed by atoms with Crippen molar-refractivity contribution < 1.29 is 14.7 Å². The van der Waals surface area contributed by atoms with Crippen molar-refractivity contribution in [3.63, 3.8) is 0 Å². The highest BCUT2D eigenvalue weighted by Crippen LogP contribution is 2.53. The van der Waals surface area contributed by atoms with Gasteiger partial charge in [-0.15, -0.1) is 0 Å². The third kappa shape index (κ3) is 12.2. The van der Waals surface area contributed by atoms with E-state index in [1.807, 2.05) is 0 Å². The van der Waals surface area contributed by atoms with Gasteiger partial charge in [-0.2, -0.15) is 13.4 Å². The van der Waals surface area contributed by atoms with Crippen LogP contribution in [-0.4, -0.2) is 0 Å². The molecule has 79 heavy (non-hydrogen) atoms. The number of benzene rings is 12. The lowest BCUT2D eigenvalue weighted by Gasteiger charge is -2.39. The SMILES string of the molecule is [O-]P([O-])[O-].c1ccc([N+](c2ccccc2)(c2ccccc2)c2ccccc2)cc1.c1ccc([N+](c2ccccc2)(c2ccccc2)c2ccccc2)cc1.c1ccc([N+](c2ccccc2)(c2ccccc2)c2ccccc2)cc1. The molecule has 12 rings (SSSR count). The topological polar surface area (TPSA) is 69.2 Å². The Bertz CT molecular complexity index is 2720. The van der Waals surface area contributed by atoms with Crippen LogP contribution in [0.1, 0.15) is 0 Å². The molecule has 0 aliphatic heterocycles. The largest absolute Gasteiger partial charge is 0.854 e. The molecule has 0 aliphatic carbocycles. The molecule has 0 fully saturated rings. The van der Waals surface area contributed by atoms with E-state index in [0.29, 0.717) is 13.4 Å². The first-order chi connectivity index (χ1) is 39.0. The van der Waals surface area contributed by atoms with Crippen LogP contribution in [0, 0.1) is 0 Å². The van der Waals surface area contributed by atoms with Crippen molar-refractivity contribution in [2.24, 2.45) is 0 Å². The molecular formula is C72H60N3O3P. The fraction of sp³-hybridized carbons (Fsp3) is 0. The number of rotatable bonds is 12. The highest BCUT2D eigenvalue weighted by molar-refractivity contribution is 7.33. The zero-order valence-corrected chi connectivity index (χ0v) is 44.5. The Kier molecular flexibility index (Phi) is 18.8. The maximum Gasteiger partial charge on any atom is 0.148 e. The van der Waals surface area contributed by atoms with E-state index in [1.165, 1.54) is 68.2 Å². The van der Waals surface area contributed by atoms with E-state index in [4.69, 9.17) is 14.7 Å². The third-order valence-electron chi connectivity index (χ3n) is 13.7. The molecule has 0 bridgehead atoms. The standard InChI is InChI=1S/3C24H20N.O3P/c3*1-5-13-21(14-6-1)25(22-15-7-2-8-16-22,23-17-9-3-10-18-23)24-19-11-4-12-20-24;1-4(2)3/h3*1-20H;/q3*+1;-3. The molecular weight excluding hydrogens is 986 g/mol. The second kappa shape index (κ2) is 27.2. The van der Waals surface area contributed by atoms with E-state index >= 15 is 0 Å². The Morgan fingerprint density at radius 1 is 0.139 bits per heavy atom. The van der Waals surface area contributed by atoms with Gasteiger partial charge in [0.15, 0.2) is 0 Å². The van der Waals surface area contributed by atoms with Crippen LogP contribution in [0.3, 0.4) is 0 Å². The third-order valence-corrected chi connectivity index (χ3v) is 13.7. The Labute approximate surface area is 466 Å². The van der Waals surface area contributed by atoms with Gasteiger partial charge >= 0.3 is 0 Å². The quantitative estimate of drug-likeness (QED) is 0.0904. The average molecular weight is 1050 g/mol. The summed E-state index contributed by atoms with van der Waals surface area (Å²) in [7, 11) is -3.37. The Morgan fingerprint density at radius 3 is 0.266 bits per heavy atom. The summed E-state index contributed by atoms with van der Waals surface area (Å²) in [6, 6.07) is 128. The lowest BCUT2D eigenvalue weighted by molar-refractivity contribution is -0.407. The molecule has 0 radical (unpaired) electrons. The summed E-state index contributed by atoms with van der Waals surface area (Å²) < 4.78 is 1.68. The second-order valence-corrected chi connectivity index (χ2v) is 18.7. The first-order valence-corrected chi connectivity index (χ1v) is 27.3. The van der Waals surface area contributed by atoms with Gasteiger partial charge in [-0.25, -0.2) is 0 Å². The van der Waals surface area contributed by atoms with Crippen LogP contribution < -0.4 is 28.1 Å². The molecule has 7 heteroatoms. The van der Waals surface area contributed by atoms with Crippen molar-refractivity contribution in [3.8, 4) is 0 Å². The summed E-state index contributed by atoms with van der Waals surface area (Å²) in [5, 5.41) is 0. The van der Waals surface area contributed by atoms with Crippen molar-refractivity contribution in [2.75, 3.05) is 0 Å². The zero-order valence-electron chi connectivity index (χ0n) is 43.7. The van der Waals surface area contributed by atoms with Crippen LogP contribution in [0.5, 0.6) is 0 Å². The molecule has 0 atom stereocenters. The van der Waals surface area contributed by atoms with Crippen molar-refractivity contribution >= 4 is 76.9 Å². The predicted molar refractivity (Wildman–Crippen MR) is 327 cm³/mol. The van der Waals surface area contributed by atoms with Gasteiger partial charge in [0.1, 0.15) is 68.2 Å². The maximum atomic E-state index is 8.48. The van der Waals surface area contributed by atoms with Crippen LogP contribution >= 0.6 is 8.60 Å². The average Bonchev–Trinajstić information content (AvgIpc) is 3.61. The lowest BCUT2D eigenvalue weighted by Crippen LogP contribution is -2.33. The zero-order chi connectivity index (χ0) is 54.4. The molecule has 0 saturated heterocycles. The van der Waals surface area contributed by atoms with E-state index in [2.05, 4.69) is 364 Å². The normalized spacial score (nSPS) is 11.1. The van der Waals surface area contributed by atoms with E-state index in [-0.39, 0.29) is 0 Å². The molecule has 0 unspecified atom stereocenters. The van der Waals surface area contributed by atoms with Gasteiger partial charge < -0.3 is 23.3 Å². The van der Waals surface area contributed by atoms with E-state index < -0.39 is 8.60 Å². The number of quaternary nitrogens is 3. The Morgan fingerprint density at radius 2 is 0.203 bits per heavy atom. The minimum Gasteiger partial charge on any atom is -0.854 e. The highest BCUT2D eigenvalue weighted by atomic mass is 31.2. The highest BCUT2D eigenvalue weighted by Gasteiger charge is 2.41. The minimum atomic E-state index is -3.37. The molecule has 12 aromatic rings. The van der Waals surface area contributed by atoms with Crippen LogP contribution in [-0.2, 0) is 0 Å². The van der Waals surface area contributed by atoms with E-state index in [1.54, 1.807) is 0 Å². The van der Waals surface area contributed by atoms with Gasteiger partial charge in [0.2, 0.25) is 0 Å². The van der Waals surface area contributed by atoms with E-state index in [9.17, 15) is 0 Å². The molecule has 386 valence electrons. The van der Waals surface area contributed by atoms with Gasteiger partial charge in [-0.3, -0.25) is 0 Å². The number of hydrogen-bond donors (Lipinski definition) is 0. The van der Waals surface area contributed by atoms with Crippen LogP contribution in [0.4, 0.5) is 68.2 Å². The van der Waals surface area contributed by atoms with E-state index in [0.717, 1.165) is 0 Å². The van der Waals surface area contributed by atoms with Crippen LogP contribution in [0.25, 0.3) is 0 Å². The summed E-state index contributed by atoms with van der Waals surface area (Å²) in [5.41, 5.74) is 14.6. The Hall–Kier alpha value is -9.17. The second-order valence-electron chi connectivity index (χ2n) is 18.3. The number of hydrogen-bond acceptors (Lipinski definition) is 3. The maximum absolute atomic E-state index is 8.48. The van der Waals surface area contributed by atoms with Crippen LogP contribution in [0.2, 0.25) is 0 Å². The fourth-order valence-electron chi connectivity index (χ4n) is 10.5. The summed E-state index contributed by atoms with van der Waals surface area (Å²) in [6.45, 7) is 0.